The molecule has 0 spiro atoms. The maximum atomic E-state index is 13.6. The predicted molar refractivity (Wildman–Crippen MR) is 98.7 cm³/mol. The average Bonchev–Trinajstić information content (AvgIpc) is 3.05. The summed E-state index contributed by atoms with van der Waals surface area (Å²) in [4.78, 5) is 25.7. The number of carbonyl (C=O) groups excluding carboxylic acids is 1. The molecule has 0 fully saturated rings. The van der Waals surface area contributed by atoms with Gasteiger partial charge in [-0.2, -0.15) is 13.2 Å². The van der Waals surface area contributed by atoms with Gasteiger partial charge in [0.2, 0.25) is 0 Å². The van der Waals surface area contributed by atoms with Crippen molar-refractivity contribution in [3.8, 4) is 0 Å². The van der Waals surface area contributed by atoms with E-state index in [1.165, 1.54) is 0 Å². The summed E-state index contributed by atoms with van der Waals surface area (Å²) in [6.07, 6.45) is -4.70. The number of hydrogen-bond donors (Lipinski definition) is 1. The Bertz CT molecular complexity index is 1080. The summed E-state index contributed by atoms with van der Waals surface area (Å²) < 4.78 is 40.7. The van der Waals surface area contributed by atoms with Crippen LogP contribution >= 0.6 is 22.9 Å². The lowest BCUT2D eigenvalue weighted by molar-refractivity contribution is -0.383. The third-order valence-corrected chi connectivity index (χ3v) is 5.39. The van der Waals surface area contributed by atoms with Crippen molar-refractivity contribution in [2.75, 3.05) is 0 Å². The van der Waals surface area contributed by atoms with Crippen LogP contribution in [-0.4, -0.2) is 15.8 Å². The Morgan fingerprint density at radius 1 is 1.25 bits per heavy atom. The lowest BCUT2D eigenvalue weighted by Crippen LogP contribution is -2.12. The van der Waals surface area contributed by atoms with E-state index in [1.54, 1.807) is 24.3 Å². The number of amides is 1. The lowest BCUT2D eigenvalue weighted by Gasteiger charge is -2.14. The van der Waals surface area contributed by atoms with Crippen LogP contribution in [0.5, 0.6) is 0 Å². The molecule has 0 atom stereocenters. The zero-order valence-corrected chi connectivity index (χ0v) is 15.5. The third kappa shape index (κ3) is 3.92. The maximum absolute atomic E-state index is 13.6. The number of aromatic nitrogens is 1. The average molecular weight is 430 g/mol. The number of nitro benzene ring substituents is 1. The number of hydrogen-bond acceptors (Lipinski definition) is 5. The number of primary amides is 1. The number of carbonyl (C=O) groups is 1. The number of thiazole rings is 1. The van der Waals surface area contributed by atoms with E-state index in [0.29, 0.717) is 22.4 Å². The first-order valence-electron chi connectivity index (χ1n) is 7.80. The Morgan fingerprint density at radius 3 is 2.43 bits per heavy atom. The first kappa shape index (κ1) is 20.0. The van der Waals surface area contributed by atoms with E-state index >= 15 is 0 Å². The highest BCUT2D eigenvalue weighted by molar-refractivity contribution is 7.20. The second-order valence-electron chi connectivity index (χ2n) is 5.86. The number of benzene rings is 2. The van der Waals surface area contributed by atoms with Crippen molar-refractivity contribution < 1.29 is 22.9 Å². The number of nitrogens with zero attached hydrogens (tertiary/aromatic N) is 2. The topological polar surface area (TPSA) is 99.1 Å². The van der Waals surface area contributed by atoms with Crippen LogP contribution < -0.4 is 5.73 Å². The minimum Gasteiger partial charge on any atom is -0.364 e. The Balaban J connectivity index is 2.19. The zero-order chi connectivity index (χ0) is 20.6. The van der Waals surface area contributed by atoms with Gasteiger partial charge in [-0.25, -0.2) is 4.98 Å². The molecular formula is C17H11ClF3N3O3S. The highest BCUT2D eigenvalue weighted by Gasteiger charge is 2.38. The minimum atomic E-state index is -4.83. The molecule has 146 valence electrons. The predicted octanol–water partition coefficient (Wildman–Crippen LogP) is 4.76. The molecule has 11 heteroatoms. The first-order chi connectivity index (χ1) is 13.1. The molecule has 2 N–H and O–H groups in total. The van der Waals surface area contributed by atoms with Crippen molar-refractivity contribution in [3.05, 3.63) is 67.2 Å². The lowest BCUT2D eigenvalue weighted by atomic mass is 9.97. The SMILES string of the molecule is NC(=O)c1nc2c(CCc3ccc(Cl)cc3)c(C(F)(F)F)cc([N+](=O)[O-])c2s1. The number of nitro groups is 1. The number of halogens is 4. The molecule has 0 aliphatic rings. The van der Waals surface area contributed by atoms with Gasteiger partial charge in [-0.1, -0.05) is 23.7 Å². The minimum absolute atomic E-state index is 0.0904. The normalized spacial score (nSPS) is 11.7. The van der Waals surface area contributed by atoms with Crippen LogP contribution in [0.3, 0.4) is 0 Å². The summed E-state index contributed by atoms with van der Waals surface area (Å²) >= 11 is 6.41. The second-order valence-corrected chi connectivity index (χ2v) is 7.30. The smallest absolute Gasteiger partial charge is 0.364 e. The molecule has 0 radical (unpaired) electrons. The first-order valence-corrected chi connectivity index (χ1v) is 8.99. The fraction of sp³-hybridized carbons (Fsp3) is 0.176. The Hall–Kier alpha value is -2.72. The van der Waals surface area contributed by atoms with Crippen LogP contribution in [-0.2, 0) is 19.0 Å². The molecule has 2 aromatic carbocycles. The fourth-order valence-electron chi connectivity index (χ4n) is 2.78. The highest BCUT2D eigenvalue weighted by Crippen LogP contribution is 2.42. The molecular weight excluding hydrogens is 419 g/mol. The molecule has 28 heavy (non-hydrogen) atoms. The van der Waals surface area contributed by atoms with E-state index in [1.807, 2.05) is 0 Å². The van der Waals surface area contributed by atoms with Crippen LogP contribution in [0.1, 0.15) is 26.5 Å². The summed E-state index contributed by atoms with van der Waals surface area (Å²) in [6.45, 7) is 0. The molecule has 1 aromatic heterocycles. The van der Waals surface area contributed by atoms with Crippen molar-refractivity contribution in [1.82, 2.24) is 4.98 Å². The molecule has 1 amide bonds. The molecule has 3 rings (SSSR count). The van der Waals surface area contributed by atoms with Gasteiger partial charge in [0.25, 0.3) is 11.6 Å². The largest absolute Gasteiger partial charge is 0.417 e. The Labute approximate surface area is 164 Å². The van der Waals surface area contributed by atoms with E-state index in [-0.39, 0.29) is 33.6 Å². The number of fused-ring (bicyclic) bond motifs is 1. The molecule has 1 heterocycles. The molecule has 0 saturated heterocycles. The van der Waals surface area contributed by atoms with Crippen molar-refractivity contribution in [2.24, 2.45) is 5.73 Å². The van der Waals surface area contributed by atoms with Gasteiger partial charge in [-0.15, -0.1) is 11.3 Å². The van der Waals surface area contributed by atoms with Gasteiger partial charge in [0.05, 0.1) is 16.0 Å². The standard InChI is InChI=1S/C17H11ClF3N3O3S/c18-9-4-1-8(2-5-9)3-6-10-11(17(19,20)21)7-12(24(26)27)14-13(10)23-16(28-14)15(22)25/h1-2,4-5,7H,3,6H2,(H2,22,25). The van der Waals surface area contributed by atoms with Crippen LogP contribution in [0.2, 0.25) is 5.02 Å². The monoisotopic (exact) mass is 429 g/mol. The summed E-state index contributed by atoms with van der Waals surface area (Å²) in [5.74, 6) is -0.965. The molecule has 0 saturated carbocycles. The van der Waals surface area contributed by atoms with E-state index < -0.39 is 28.3 Å². The van der Waals surface area contributed by atoms with Crippen molar-refractivity contribution in [1.29, 1.82) is 0 Å². The van der Waals surface area contributed by atoms with Crippen molar-refractivity contribution in [3.63, 3.8) is 0 Å². The van der Waals surface area contributed by atoms with Gasteiger partial charge >= 0.3 is 6.18 Å². The third-order valence-electron chi connectivity index (χ3n) is 4.04. The second kappa shape index (κ2) is 7.36. The van der Waals surface area contributed by atoms with Crippen LogP contribution in [0.25, 0.3) is 10.2 Å². The highest BCUT2D eigenvalue weighted by atomic mass is 35.5. The van der Waals surface area contributed by atoms with Gasteiger partial charge in [-0.05, 0) is 36.1 Å². The van der Waals surface area contributed by atoms with Gasteiger partial charge in [-0.3, -0.25) is 14.9 Å². The molecule has 3 aromatic rings. The van der Waals surface area contributed by atoms with Gasteiger partial charge in [0, 0.05) is 11.1 Å². The fourth-order valence-corrected chi connectivity index (χ4v) is 3.84. The molecule has 0 bridgehead atoms. The summed E-state index contributed by atoms with van der Waals surface area (Å²) in [7, 11) is 0. The summed E-state index contributed by atoms with van der Waals surface area (Å²) in [5, 5.41) is 11.5. The molecule has 0 unspecified atom stereocenters. The maximum Gasteiger partial charge on any atom is 0.417 e. The molecule has 0 aliphatic carbocycles. The number of non-ortho nitro benzene ring substituents is 1. The Kier molecular flexibility index (Phi) is 5.26. The summed E-state index contributed by atoms with van der Waals surface area (Å²) in [5.41, 5.74) is 3.54. The zero-order valence-electron chi connectivity index (χ0n) is 13.9. The molecule has 0 aliphatic heterocycles. The van der Waals surface area contributed by atoms with Crippen LogP contribution in [0.15, 0.2) is 30.3 Å². The number of nitrogens with two attached hydrogens (primary N) is 1. The van der Waals surface area contributed by atoms with Crippen LogP contribution in [0, 0.1) is 10.1 Å². The van der Waals surface area contributed by atoms with Gasteiger partial charge in [0.1, 0.15) is 4.70 Å². The van der Waals surface area contributed by atoms with E-state index in [4.69, 9.17) is 17.3 Å². The Morgan fingerprint density at radius 2 is 1.89 bits per heavy atom. The van der Waals surface area contributed by atoms with Crippen molar-refractivity contribution in [2.45, 2.75) is 19.0 Å². The van der Waals surface area contributed by atoms with E-state index in [9.17, 15) is 28.1 Å². The number of aryl methyl sites for hydroxylation is 2. The van der Waals surface area contributed by atoms with Crippen LogP contribution in [0.4, 0.5) is 18.9 Å². The van der Waals surface area contributed by atoms with Gasteiger partial charge in [0.15, 0.2) is 5.01 Å². The number of rotatable bonds is 5. The van der Waals surface area contributed by atoms with Gasteiger partial charge < -0.3 is 5.73 Å². The van der Waals surface area contributed by atoms with E-state index in [2.05, 4.69) is 4.98 Å². The quantitative estimate of drug-likeness (QED) is 0.466. The number of alkyl halides is 3. The summed E-state index contributed by atoms with van der Waals surface area (Å²) in [6, 6.07) is 7.06. The van der Waals surface area contributed by atoms with E-state index in [0.717, 1.165) is 5.56 Å². The molecule has 6 nitrogen and oxygen atoms in total. The van der Waals surface area contributed by atoms with Crippen molar-refractivity contribution >= 4 is 44.7 Å².